The molecule has 0 unspecified atom stereocenters. The summed E-state index contributed by atoms with van der Waals surface area (Å²) in [5.41, 5.74) is 2.91. The van der Waals surface area contributed by atoms with Crippen LogP contribution in [-0.4, -0.2) is 159 Å². The lowest BCUT2D eigenvalue weighted by Crippen LogP contribution is -2.49. The molecule has 4 saturated heterocycles. The number of carbonyl (C=O) groups excluding carboxylic acids is 5. The molecule has 2 atom stereocenters. The van der Waals surface area contributed by atoms with Crippen LogP contribution in [0.4, 0.5) is 21.0 Å². The van der Waals surface area contributed by atoms with Gasteiger partial charge in [-0.05, 0) is 103 Å². The predicted octanol–water partition coefficient (Wildman–Crippen LogP) is 7.80. The minimum atomic E-state index is -0.483. The number of nitrogens with zero attached hydrogens (tertiary/aromatic N) is 5. The minimum absolute atomic E-state index is 0.0317. The lowest BCUT2D eigenvalue weighted by atomic mass is 10.1. The summed E-state index contributed by atoms with van der Waals surface area (Å²) in [6.45, 7) is 21.3. The molecular formula is C48H72Cl4N8O7. The van der Waals surface area contributed by atoms with Crippen LogP contribution in [0.5, 0.6) is 0 Å². The van der Waals surface area contributed by atoms with Crippen LogP contribution < -0.4 is 25.8 Å². The summed E-state index contributed by atoms with van der Waals surface area (Å²) in [7, 11) is 0. The zero-order chi connectivity index (χ0) is 49.1. The second kappa shape index (κ2) is 27.5. The van der Waals surface area contributed by atoms with Gasteiger partial charge in [-0.25, -0.2) is 9.59 Å². The molecule has 0 aromatic heterocycles. The topological polar surface area (TPSA) is 156 Å². The Hall–Kier alpha value is -3.73. The van der Waals surface area contributed by atoms with E-state index in [9.17, 15) is 24.0 Å². The summed E-state index contributed by atoms with van der Waals surface area (Å²) in [6, 6.07) is 11.5. The van der Waals surface area contributed by atoms with Gasteiger partial charge in [-0.1, -0.05) is 29.3 Å². The Bertz CT molecular complexity index is 1920. The van der Waals surface area contributed by atoms with Crippen molar-refractivity contribution >= 4 is 88.1 Å². The smallest absolute Gasteiger partial charge is 0.410 e. The molecule has 4 heterocycles. The zero-order valence-electron chi connectivity index (χ0n) is 40.2. The fraction of sp³-hybridized carbons (Fsp3) is 0.646. The van der Waals surface area contributed by atoms with Gasteiger partial charge in [0.1, 0.15) is 11.2 Å². The van der Waals surface area contributed by atoms with E-state index in [1.54, 1.807) is 28.0 Å². The first kappa shape index (κ1) is 55.9. The van der Waals surface area contributed by atoms with Crippen LogP contribution in [0.2, 0.25) is 10.0 Å². The Labute approximate surface area is 417 Å². The van der Waals surface area contributed by atoms with Crippen molar-refractivity contribution in [3.63, 3.8) is 0 Å². The Morgan fingerprint density at radius 2 is 1.13 bits per heavy atom. The van der Waals surface area contributed by atoms with Crippen molar-refractivity contribution in [2.24, 2.45) is 0 Å². The third-order valence-electron chi connectivity index (χ3n) is 11.2. The summed E-state index contributed by atoms with van der Waals surface area (Å²) in [5, 5.41) is 10.6. The standard InChI is InChI=1S/C24H36Cl2N4O3.C15H18Cl2N2O2.C9H18N2O2/c1-24(2,3)33-23(32)29-13-11-28(12-14-29)16-18-6-7-19(26)15-21(18)30-10-8-20(17-30)27-22(31)5-4-9-25;16-6-1-2-15(21)18-13-5-7-19(9-13)14-8-12(17)4-3-11(14)10-20;1-9(2,3)13-8(12)11-6-4-10-5-7-11/h6-7,15,20H,4-5,8-14,16-17H2,1-3H3,(H,27,31);3-4,8,10,13H,1-2,5-7,9H2,(H,18,21);10H,4-7H2,1-3H3/t20-;13-;/m11./s1. The zero-order valence-corrected chi connectivity index (χ0v) is 43.2. The molecule has 374 valence electrons. The highest BCUT2D eigenvalue weighted by molar-refractivity contribution is 6.31. The number of alkyl halides is 2. The van der Waals surface area contributed by atoms with Crippen LogP contribution >= 0.6 is 46.4 Å². The fourth-order valence-corrected chi connectivity index (χ4v) is 8.53. The summed E-state index contributed by atoms with van der Waals surface area (Å²) in [5.74, 6) is 1.10. The summed E-state index contributed by atoms with van der Waals surface area (Å²) in [6.07, 6.45) is 4.47. The third kappa shape index (κ3) is 20.0. The molecule has 3 N–H and O–H groups in total. The molecule has 0 radical (unpaired) electrons. The normalized spacial score (nSPS) is 18.8. The Balaban J connectivity index is 0.000000245. The number of carbonyl (C=O) groups is 5. The van der Waals surface area contributed by atoms with Crippen molar-refractivity contribution in [2.45, 2.75) is 110 Å². The number of aldehydes is 1. The molecule has 19 heteroatoms. The molecule has 0 spiro atoms. The maximum atomic E-state index is 12.3. The quantitative estimate of drug-likeness (QED) is 0.133. The lowest BCUT2D eigenvalue weighted by molar-refractivity contribution is -0.122. The molecule has 67 heavy (non-hydrogen) atoms. The summed E-state index contributed by atoms with van der Waals surface area (Å²) in [4.78, 5) is 69.0. The molecule has 4 aliphatic rings. The maximum absolute atomic E-state index is 12.3. The number of anilines is 2. The molecule has 0 bridgehead atoms. The van der Waals surface area contributed by atoms with E-state index in [1.807, 2.05) is 53.7 Å². The number of hydrogen-bond acceptors (Lipinski definition) is 11. The van der Waals surface area contributed by atoms with Gasteiger partial charge in [0.05, 0.1) is 0 Å². The Morgan fingerprint density at radius 1 is 0.672 bits per heavy atom. The van der Waals surface area contributed by atoms with Gasteiger partial charge in [0, 0.05) is 149 Å². The van der Waals surface area contributed by atoms with Crippen molar-refractivity contribution in [2.75, 3.05) is 100 Å². The van der Waals surface area contributed by atoms with Gasteiger partial charge >= 0.3 is 12.2 Å². The van der Waals surface area contributed by atoms with E-state index in [0.717, 1.165) is 96.0 Å². The Morgan fingerprint density at radius 3 is 1.61 bits per heavy atom. The number of nitrogens with one attached hydrogen (secondary N) is 3. The average Bonchev–Trinajstić information content (AvgIpc) is 3.95. The van der Waals surface area contributed by atoms with E-state index in [0.29, 0.717) is 72.7 Å². The van der Waals surface area contributed by atoms with E-state index in [2.05, 4.69) is 36.7 Å². The van der Waals surface area contributed by atoms with Crippen molar-refractivity contribution < 1.29 is 33.4 Å². The summed E-state index contributed by atoms with van der Waals surface area (Å²) >= 11 is 23.6. The van der Waals surface area contributed by atoms with Gasteiger partial charge in [0.25, 0.3) is 0 Å². The fourth-order valence-electron chi connectivity index (χ4n) is 7.93. The van der Waals surface area contributed by atoms with E-state index in [1.165, 1.54) is 5.56 Å². The number of ether oxygens (including phenoxy) is 2. The SMILES string of the molecule is CC(C)(C)OC(=O)N1CCN(Cc2ccc(Cl)cc2N2CC[C@@H](NC(=O)CCCCl)C2)CC1.CC(C)(C)OC(=O)N1CCNCC1.O=Cc1ccc(Cl)cc1N1CC[C@@H](NC(=O)CCCCl)C1. The molecular weight excluding hydrogens is 942 g/mol. The van der Waals surface area contributed by atoms with Crippen LogP contribution in [-0.2, 0) is 25.6 Å². The molecule has 2 aromatic rings. The minimum Gasteiger partial charge on any atom is -0.444 e. The van der Waals surface area contributed by atoms with Gasteiger partial charge in [-0.15, -0.1) is 23.2 Å². The van der Waals surface area contributed by atoms with Gasteiger partial charge in [-0.3, -0.25) is 19.3 Å². The Kier molecular flexibility index (Phi) is 22.9. The van der Waals surface area contributed by atoms with Crippen molar-refractivity contribution in [3.05, 3.63) is 57.6 Å². The molecule has 0 saturated carbocycles. The molecule has 15 nitrogen and oxygen atoms in total. The van der Waals surface area contributed by atoms with Gasteiger partial charge in [0.15, 0.2) is 6.29 Å². The van der Waals surface area contributed by atoms with Crippen molar-refractivity contribution in [1.29, 1.82) is 0 Å². The first-order valence-corrected chi connectivity index (χ1v) is 25.2. The van der Waals surface area contributed by atoms with Crippen LogP contribution in [0.25, 0.3) is 0 Å². The number of hydrogen-bond donors (Lipinski definition) is 3. The number of piperazine rings is 2. The van der Waals surface area contributed by atoms with Gasteiger partial charge in [-0.2, -0.15) is 0 Å². The van der Waals surface area contributed by atoms with Crippen molar-refractivity contribution in [1.82, 2.24) is 30.7 Å². The van der Waals surface area contributed by atoms with Crippen LogP contribution in [0.1, 0.15) is 96.0 Å². The lowest BCUT2D eigenvalue weighted by Gasteiger charge is -2.36. The second-order valence-electron chi connectivity index (χ2n) is 19.1. The van der Waals surface area contributed by atoms with Crippen molar-refractivity contribution in [3.8, 4) is 0 Å². The third-order valence-corrected chi connectivity index (χ3v) is 12.2. The highest BCUT2D eigenvalue weighted by Crippen LogP contribution is 2.30. The monoisotopic (exact) mass is 1010 g/mol. The number of halogens is 4. The molecule has 2 aromatic carbocycles. The highest BCUT2D eigenvalue weighted by Gasteiger charge is 2.30. The van der Waals surface area contributed by atoms with Crippen LogP contribution in [0.3, 0.4) is 0 Å². The molecule has 4 amide bonds. The highest BCUT2D eigenvalue weighted by atomic mass is 35.5. The average molecular weight is 1010 g/mol. The van der Waals surface area contributed by atoms with E-state index in [-0.39, 0.29) is 41.7 Å². The maximum Gasteiger partial charge on any atom is 0.410 e. The van der Waals surface area contributed by atoms with Gasteiger partial charge < -0.3 is 45.0 Å². The van der Waals surface area contributed by atoms with E-state index in [4.69, 9.17) is 55.9 Å². The molecule has 6 rings (SSSR count). The number of amides is 4. The summed E-state index contributed by atoms with van der Waals surface area (Å²) < 4.78 is 10.7. The van der Waals surface area contributed by atoms with Gasteiger partial charge in [0.2, 0.25) is 11.8 Å². The van der Waals surface area contributed by atoms with Crippen LogP contribution in [0, 0.1) is 0 Å². The molecule has 0 aliphatic carbocycles. The largest absolute Gasteiger partial charge is 0.444 e. The number of rotatable bonds is 13. The second-order valence-corrected chi connectivity index (χ2v) is 20.8. The molecule has 4 aliphatic heterocycles. The van der Waals surface area contributed by atoms with E-state index >= 15 is 0 Å². The number of benzene rings is 2. The van der Waals surface area contributed by atoms with Crippen LogP contribution in [0.15, 0.2) is 36.4 Å². The molecule has 4 fully saturated rings. The first-order chi connectivity index (χ1) is 31.8. The first-order valence-electron chi connectivity index (χ1n) is 23.4. The van der Waals surface area contributed by atoms with E-state index < -0.39 is 5.60 Å². The predicted molar refractivity (Wildman–Crippen MR) is 269 cm³/mol.